The number of rotatable bonds is 3. The first kappa shape index (κ1) is 24.2. The van der Waals surface area contributed by atoms with Crippen molar-refractivity contribution in [1.82, 2.24) is 0 Å². The van der Waals surface area contributed by atoms with Crippen molar-refractivity contribution in [3.8, 4) is 0 Å². The van der Waals surface area contributed by atoms with Crippen LogP contribution in [0.3, 0.4) is 0 Å². The van der Waals surface area contributed by atoms with Gasteiger partial charge in [0, 0.05) is 0 Å². The summed E-state index contributed by atoms with van der Waals surface area (Å²) in [6.45, 7) is 13.5. The molecule has 3 nitrogen and oxygen atoms in total. The predicted molar refractivity (Wildman–Crippen MR) is 72.1 cm³/mol. The molecule has 0 radical (unpaired) electrons. The molecule has 0 N–H and O–H groups in total. The maximum Gasteiger partial charge on any atom is 6.00 e. The van der Waals surface area contributed by atoms with E-state index in [1.807, 2.05) is 0 Å². The molecule has 21 heavy (non-hydrogen) atoms. The molecule has 100 valence electrons. The molecule has 2 aromatic rings. The molecule has 0 unspecified atom stereocenters. The molecule has 2 aromatic carbocycles. The fraction of sp³-hybridized carbons (Fsp3) is 0.118. The molecule has 0 bridgehead atoms. The molecule has 0 saturated heterocycles. The Labute approximate surface area is 136 Å². The summed E-state index contributed by atoms with van der Waals surface area (Å²) in [4.78, 5) is 0. The van der Waals surface area contributed by atoms with Gasteiger partial charge in [-0.15, -0.1) is 0 Å². The normalized spacial score (nSPS) is 6.95. The zero-order chi connectivity index (χ0) is 15.6. The van der Waals surface area contributed by atoms with Crippen LogP contribution in [0.25, 0.3) is 0 Å². The van der Waals surface area contributed by atoms with Gasteiger partial charge in [-0.25, -0.2) is 0 Å². The van der Waals surface area contributed by atoms with Crippen LogP contribution in [-0.4, -0.2) is 0 Å². The van der Waals surface area contributed by atoms with Gasteiger partial charge in [-0.3, -0.25) is 0 Å². The molecule has 0 fully saturated rings. The molecule has 0 aromatic heterocycles. The number of aryl methyl sites for hydroxylation is 2. The van der Waals surface area contributed by atoms with Crippen molar-refractivity contribution in [1.29, 1.82) is 0 Å². The van der Waals surface area contributed by atoms with Crippen LogP contribution in [-0.2, 0) is 44.2 Å². The average Bonchev–Trinajstić information content (AvgIpc) is 2.60. The SMILES string of the molecule is [C-]#[O+].[C-]#[O+].[C-]#[O+].[Cr+6].c1ccc(CCc2ccccc2)cc1. The van der Waals surface area contributed by atoms with E-state index >= 15 is 0 Å². The third-order valence-electron chi connectivity index (χ3n) is 2.39. The van der Waals surface area contributed by atoms with E-state index in [4.69, 9.17) is 14.0 Å². The summed E-state index contributed by atoms with van der Waals surface area (Å²) in [7, 11) is 0. The fourth-order valence-corrected chi connectivity index (χ4v) is 1.58. The van der Waals surface area contributed by atoms with Crippen molar-refractivity contribution >= 4 is 0 Å². The summed E-state index contributed by atoms with van der Waals surface area (Å²) in [5.74, 6) is 0. The molecule has 4 heteroatoms. The van der Waals surface area contributed by atoms with Crippen molar-refractivity contribution < 1.29 is 31.3 Å². The molecule has 0 amide bonds. The van der Waals surface area contributed by atoms with Gasteiger partial charge in [0.05, 0.1) is 0 Å². The van der Waals surface area contributed by atoms with Crippen LogP contribution in [0, 0.1) is 20.0 Å². The van der Waals surface area contributed by atoms with Crippen LogP contribution in [0.4, 0.5) is 0 Å². The van der Waals surface area contributed by atoms with Gasteiger partial charge in [-0.1, -0.05) is 60.7 Å². The van der Waals surface area contributed by atoms with E-state index in [0.717, 1.165) is 12.8 Å². The number of hydrogen-bond acceptors (Lipinski definition) is 0. The van der Waals surface area contributed by atoms with Crippen molar-refractivity contribution in [3.05, 3.63) is 91.7 Å². The van der Waals surface area contributed by atoms with E-state index in [2.05, 4.69) is 80.6 Å². The monoisotopic (exact) mass is 318 g/mol. The summed E-state index contributed by atoms with van der Waals surface area (Å²) in [5.41, 5.74) is 2.83. The van der Waals surface area contributed by atoms with E-state index in [9.17, 15) is 0 Å². The first-order valence-electron chi connectivity index (χ1n) is 5.64. The third-order valence-corrected chi connectivity index (χ3v) is 2.39. The van der Waals surface area contributed by atoms with E-state index in [-0.39, 0.29) is 17.4 Å². The van der Waals surface area contributed by atoms with Crippen LogP contribution in [0.2, 0.25) is 0 Å². The van der Waals surface area contributed by atoms with E-state index in [1.54, 1.807) is 0 Å². The standard InChI is InChI=1S/C14H14.3CO.Cr/c1-3-7-13(8-4-1)11-12-14-9-5-2-6-10-14;3*1-2;/h1-10H,11-12H2;;;;/q;;;;+6. The summed E-state index contributed by atoms with van der Waals surface area (Å²) in [6.07, 6.45) is 2.26. The zero-order valence-corrected chi connectivity index (χ0v) is 12.6. The van der Waals surface area contributed by atoms with E-state index in [0.29, 0.717) is 0 Å². The minimum atomic E-state index is 0. The number of hydrogen-bond donors (Lipinski definition) is 0. The van der Waals surface area contributed by atoms with Crippen LogP contribution in [0.15, 0.2) is 60.7 Å². The van der Waals surface area contributed by atoms with E-state index < -0.39 is 0 Å². The van der Waals surface area contributed by atoms with Crippen LogP contribution >= 0.6 is 0 Å². The second kappa shape index (κ2) is 20.5. The predicted octanol–water partition coefficient (Wildman–Crippen LogP) is 3.36. The van der Waals surface area contributed by atoms with Gasteiger partial charge < -0.3 is 0 Å². The average molecular weight is 318 g/mol. The Morgan fingerprint density at radius 1 is 0.524 bits per heavy atom. The van der Waals surface area contributed by atoms with Crippen molar-refractivity contribution in [2.75, 3.05) is 0 Å². The van der Waals surface area contributed by atoms with Crippen molar-refractivity contribution in [3.63, 3.8) is 0 Å². The maximum absolute atomic E-state index is 7.50. The zero-order valence-electron chi connectivity index (χ0n) is 11.3. The molecule has 0 aliphatic heterocycles. The summed E-state index contributed by atoms with van der Waals surface area (Å²) < 4.78 is 22.5. The first-order valence-corrected chi connectivity index (χ1v) is 5.64. The Morgan fingerprint density at radius 3 is 1.00 bits per heavy atom. The Kier molecular flexibility index (Phi) is 23.7. The molecule has 2 rings (SSSR count). The van der Waals surface area contributed by atoms with Gasteiger partial charge in [-0.05, 0) is 24.0 Å². The van der Waals surface area contributed by atoms with Gasteiger partial charge in [0.25, 0.3) is 0 Å². The van der Waals surface area contributed by atoms with Gasteiger partial charge in [0.2, 0.25) is 0 Å². The Hall–Kier alpha value is -1.81. The Morgan fingerprint density at radius 2 is 0.762 bits per heavy atom. The molecule has 0 aliphatic carbocycles. The summed E-state index contributed by atoms with van der Waals surface area (Å²) in [6, 6.07) is 21.2. The topological polar surface area (TPSA) is 59.7 Å². The van der Waals surface area contributed by atoms with Crippen LogP contribution < -0.4 is 0 Å². The molecule has 0 saturated carbocycles. The minimum Gasteiger partial charge on any atom is -0.0622 e. The van der Waals surface area contributed by atoms with Gasteiger partial charge in [0.15, 0.2) is 0 Å². The van der Waals surface area contributed by atoms with Gasteiger partial charge >= 0.3 is 51.3 Å². The Bertz CT molecular complexity index is 436. The van der Waals surface area contributed by atoms with E-state index in [1.165, 1.54) is 11.1 Å². The third kappa shape index (κ3) is 12.9. The molecule has 0 aliphatic rings. The molecule has 0 heterocycles. The smallest absolute Gasteiger partial charge is 0.0622 e. The molecule has 0 spiro atoms. The number of benzene rings is 2. The second-order valence-corrected chi connectivity index (χ2v) is 3.47. The van der Waals surface area contributed by atoms with Crippen LogP contribution in [0.1, 0.15) is 11.1 Å². The van der Waals surface area contributed by atoms with Gasteiger partial charge in [0.1, 0.15) is 0 Å². The first-order chi connectivity index (χ1) is 9.95. The Balaban J connectivity index is -0.000000414. The molecular weight excluding hydrogens is 304 g/mol. The maximum atomic E-state index is 7.50. The van der Waals surface area contributed by atoms with Crippen molar-refractivity contribution in [2.45, 2.75) is 12.8 Å². The fourth-order valence-electron chi connectivity index (χ4n) is 1.58. The molecular formula is C17H14CrO3+6. The van der Waals surface area contributed by atoms with Crippen LogP contribution in [0.5, 0.6) is 0 Å². The minimum absolute atomic E-state index is 0. The molecule has 0 atom stereocenters. The quantitative estimate of drug-likeness (QED) is 0.615. The van der Waals surface area contributed by atoms with Crippen molar-refractivity contribution in [2.24, 2.45) is 0 Å². The van der Waals surface area contributed by atoms with Gasteiger partial charge in [-0.2, -0.15) is 0 Å². The summed E-state index contributed by atoms with van der Waals surface area (Å²) in [5, 5.41) is 0. The summed E-state index contributed by atoms with van der Waals surface area (Å²) >= 11 is 0. The largest absolute Gasteiger partial charge is 6.00 e. The second-order valence-electron chi connectivity index (χ2n) is 3.47.